The number of nitrogens with zero attached hydrogens (tertiary/aromatic N) is 1. The van der Waals surface area contributed by atoms with E-state index in [-0.39, 0.29) is 17.2 Å². The number of piperidine rings is 1. The van der Waals surface area contributed by atoms with Crippen LogP contribution >= 0.6 is 22.9 Å². The lowest BCUT2D eigenvalue weighted by Crippen LogP contribution is -2.42. The van der Waals surface area contributed by atoms with Gasteiger partial charge in [0.15, 0.2) is 0 Å². The topological polar surface area (TPSA) is 61.4 Å². The monoisotopic (exact) mass is 501 g/mol. The van der Waals surface area contributed by atoms with Gasteiger partial charge in [-0.25, -0.2) is 0 Å². The second-order valence-electron chi connectivity index (χ2n) is 10.8. The Morgan fingerprint density at radius 2 is 1.97 bits per heavy atom. The number of fused-ring (bicyclic) bond motifs is 1. The van der Waals surface area contributed by atoms with Crippen molar-refractivity contribution in [3.63, 3.8) is 0 Å². The fraction of sp³-hybridized carbons (Fsp3) is 0.556. The van der Waals surface area contributed by atoms with E-state index in [1.54, 1.807) is 23.5 Å². The van der Waals surface area contributed by atoms with E-state index in [4.69, 9.17) is 11.6 Å². The highest BCUT2D eigenvalue weighted by atomic mass is 35.5. The quantitative estimate of drug-likeness (QED) is 0.484. The standard InChI is InChI=1S/C27H36ClN3O2S/c1-17-8-5-6-13-31(17)16-23(32)30-26-24(25(33)29-20-10-7-9-19(28)15-20)21-12-11-18(27(2,3)4)14-22(21)34-26/h7,9-10,15,17-18H,5-6,8,11-14,16H2,1-4H3,(H,29,33)(H,30,32). The number of likely N-dealkylation sites (tertiary alicyclic amines) is 1. The maximum atomic E-state index is 13.5. The molecule has 184 valence electrons. The van der Waals surface area contributed by atoms with E-state index in [0.717, 1.165) is 44.2 Å². The van der Waals surface area contributed by atoms with Gasteiger partial charge < -0.3 is 10.6 Å². The summed E-state index contributed by atoms with van der Waals surface area (Å²) in [4.78, 5) is 30.0. The zero-order valence-corrected chi connectivity index (χ0v) is 22.2. The van der Waals surface area contributed by atoms with Crippen molar-refractivity contribution in [2.75, 3.05) is 23.7 Å². The molecular weight excluding hydrogens is 466 g/mol. The highest BCUT2D eigenvalue weighted by Crippen LogP contribution is 2.44. The summed E-state index contributed by atoms with van der Waals surface area (Å²) in [6, 6.07) is 7.58. The molecule has 0 spiro atoms. The zero-order valence-electron chi connectivity index (χ0n) is 20.7. The van der Waals surface area contributed by atoms with Gasteiger partial charge in [0.1, 0.15) is 5.00 Å². The van der Waals surface area contributed by atoms with Crippen LogP contribution in [0, 0.1) is 11.3 Å². The number of halogens is 1. The number of nitrogens with one attached hydrogen (secondary N) is 2. The van der Waals surface area contributed by atoms with Gasteiger partial charge in [-0.1, -0.05) is 44.9 Å². The summed E-state index contributed by atoms with van der Waals surface area (Å²) >= 11 is 7.70. The molecule has 1 aromatic heterocycles. The Bertz CT molecular complexity index is 1060. The summed E-state index contributed by atoms with van der Waals surface area (Å²) in [5.41, 5.74) is 2.57. The molecular formula is C27H36ClN3O2S. The highest BCUT2D eigenvalue weighted by molar-refractivity contribution is 7.17. The van der Waals surface area contributed by atoms with Gasteiger partial charge in [-0.3, -0.25) is 14.5 Å². The number of carbonyl (C=O) groups excluding carboxylic acids is 2. The van der Waals surface area contributed by atoms with Gasteiger partial charge in [0.2, 0.25) is 5.91 Å². The fourth-order valence-electron chi connectivity index (χ4n) is 5.16. The number of benzene rings is 1. The first-order valence-electron chi connectivity index (χ1n) is 12.4. The Morgan fingerprint density at radius 1 is 1.18 bits per heavy atom. The molecule has 2 aromatic rings. The molecule has 0 saturated carbocycles. The van der Waals surface area contributed by atoms with E-state index in [9.17, 15) is 9.59 Å². The number of carbonyl (C=O) groups is 2. The first-order chi connectivity index (χ1) is 16.1. The summed E-state index contributed by atoms with van der Waals surface area (Å²) in [6.07, 6.45) is 6.32. The van der Waals surface area contributed by atoms with Gasteiger partial charge in [-0.15, -0.1) is 11.3 Å². The lowest BCUT2D eigenvalue weighted by atomic mass is 9.72. The van der Waals surface area contributed by atoms with Crippen molar-refractivity contribution in [2.45, 2.75) is 72.3 Å². The van der Waals surface area contributed by atoms with Crippen molar-refractivity contribution in [3.8, 4) is 0 Å². The lowest BCUT2D eigenvalue weighted by Gasteiger charge is -2.33. The van der Waals surface area contributed by atoms with Crippen LogP contribution in [0.2, 0.25) is 5.02 Å². The normalized spacial score (nSPS) is 21.1. The SMILES string of the molecule is CC1CCCCN1CC(=O)Nc1sc2c(c1C(=O)Nc1cccc(Cl)c1)CCC(C(C)(C)C)C2. The Morgan fingerprint density at radius 3 is 2.68 bits per heavy atom. The fourth-order valence-corrected chi connectivity index (χ4v) is 6.69. The van der Waals surface area contributed by atoms with E-state index in [1.165, 1.54) is 11.3 Å². The molecule has 34 heavy (non-hydrogen) atoms. The molecule has 4 rings (SSSR count). The minimum absolute atomic E-state index is 0.0449. The van der Waals surface area contributed by atoms with Crippen LogP contribution in [0.15, 0.2) is 24.3 Å². The summed E-state index contributed by atoms with van der Waals surface area (Å²) in [5, 5.41) is 7.37. The van der Waals surface area contributed by atoms with Crippen LogP contribution in [0.4, 0.5) is 10.7 Å². The first-order valence-corrected chi connectivity index (χ1v) is 13.6. The van der Waals surface area contributed by atoms with Crippen molar-refractivity contribution < 1.29 is 9.59 Å². The third-order valence-electron chi connectivity index (χ3n) is 7.34. The van der Waals surface area contributed by atoms with Gasteiger partial charge >= 0.3 is 0 Å². The Hall–Kier alpha value is -1.89. The molecule has 5 nitrogen and oxygen atoms in total. The molecule has 0 radical (unpaired) electrons. The molecule has 1 aliphatic heterocycles. The van der Waals surface area contributed by atoms with Crippen LogP contribution < -0.4 is 10.6 Å². The van der Waals surface area contributed by atoms with Gasteiger partial charge in [0.25, 0.3) is 5.91 Å². The minimum atomic E-state index is -0.185. The average Bonchev–Trinajstić information content (AvgIpc) is 3.11. The predicted octanol–water partition coefficient (Wildman–Crippen LogP) is 6.62. The highest BCUT2D eigenvalue weighted by Gasteiger charge is 2.34. The summed E-state index contributed by atoms with van der Waals surface area (Å²) in [5.74, 6) is 0.326. The van der Waals surface area contributed by atoms with E-state index in [0.29, 0.717) is 39.8 Å². The van der Waals surface area contributed by atoms with Gasteiger partial charge in [-0.05, 0) is 80.7 Å². The van der Waals surface area contributed by atoms with Crippen molar-refractivity contribution in [1.82, 2.24) is 4.90 Å². The second-order valence-corrected chi connectivity index (χ2v) is 12.4. The van der Waals surface area contributed by atoms with E-state index >= 15 is 0 Å². The molecule has 1 saturated heterocycles. The van der Waals surface area contributed by atoms with Gasteiger partial charge in [0, 0.05) is 21.6 Å². The third-order valence-corrected chi connectivity index (χ3v) is 8.74. The van der Waals surface area contributed by atoms with Crippen molar-refractivity contribution in [1.29, 1.82) is 0 Å². The Kier molecular flexibility index (Phi) is 7.70. The molecule has 1 aromatic carbocycles. The van der Waals surface area contributed by atoms with Gasteiger partial charge in [0.05, 0.1) is 12.1 Å². The summed E-state index contributed by atoms with van der Waals surface area (Å²) < 4.78 is 0. The van der Waals surface area contributed by atoms with Crippen molar-refractivity contribution in [2.24, 2.45) is 11.3 Å². The largest absolute Gasteiger partial charge is 0.322 e. The maximum Gasteiger partial charge on any atom is 0.258 e. The van der Waals surface area contributed by atoms with Crippen LogP contribution in [0.3, 0.4) is 0 Å². The smallest absolute Gasteiger partial charge is 0.258 e. The molecule has 0 bridgehead atoms. The van der Waals surface area contributed by atoms with E-state index < -0.39 is 0 Å². The second kappa shape index (κ2) is 10.4. The van der Waals surface area contributed by atoms with Crippen LogP contribution in [0.25, 0.3) is 0 Å². The third kappa shape index (κ3) is 5.84. The van der Waals surface area contributed by atoms with Gasteiger partial charge in [-0.2, -0.15) is 0 Å². The first kappa shape index (κ1) is 25.2. The number of amides is 2. The molecule has 2 atom stereocenters. The molecule has 1 fully saturated rings. The van der Waals surface area contributed by atoms with Crippen LogP contribution in [0.5, 0.6) is 0 Å². The Balaban J connectivity index is 1.59. The molecule has 1 aliphatic carbocycles. The number of rotatable bonds is 5. The maximum absolute atomic E-state index is 13.5. The van der Waals surface area contributed by atoms with Crippen LogP contribution in [-0.2, 0) is 17.6 Å². The summed E-state index contributed by atoms with van der Waals surface area (Å²) in [7, 11) is 0. The summed E-state index contributed by atoms with van der Waals surface area (Å²) in [6.45, 7) is 10.4. The molecule has 2 N–H and O–H groups in total. The minimum Gasteiger partial charge on any atom is -0.322 e. The van der Waals surface area contributed by atoms with Crippen molar-refractivity contribution in [3.05, 3.63) is 45.3 Å². The number of anilines is 2. The van der Waals surface area contributed by atoms with E-state index in [1.807, 2.05) is 12.1 Å². The lowest BCUT2D eigenvalue weighted by molar-refractivity contribution is -0.118. The Labute approximate surface area is 212 Å². The number of thiophene rings is 1. The molecule has 2 heterocycles. The molecule has 7 heteroatoms. The van der Waals surface area contributed by atoms with Crippen LogP contribution in [-0.4, -0.2) is 35.8 Å². The van der Waals surface area contributed by atoms with E-state index in [2.05, 4.69) is 43.2 Å². The predicted molar refractivity (Wildman–Crippen MR) is 142 cm³/mol. The molecule has 2 unspecified atom stereocenters. The zero-order chi connectivity index (χ0) is 24.5. The van der Waals surface area contributed by atoms with Crippen molar-refractivity contribution >= 4 is 45.4 Å². The number of hydrogen-bond donors (Lipinski definition) is 2. The molecule has 2 amide bonds. The van der Waals surface area contributed by atoms with Crippen LogP contribution in [0.1, 0.15) is 74.2 Å². The molecule has 2 aliphatic rings. The average molecular weight is 502 g/mol. The number of hydrogen-bond acceptors (Lipinski definition) is 4.